The molecular formula is C8H18N2. The van der Waals surface area contributed by atoms with Gasteiger partial charge in [-0.1, -0.05) is 20.3 Å². The predicted molar refractivity (Wildman–Crippen MR) is 46.3 cm³/mol. The summed E-state index contributed by atoms with van der Waals surface area (Å²) in [6.07, 6.45) is 4.73. The minimum Gasteiger partial charge on any atom is -0.313 e. The van der Waals surface area contributed by atoms with Crippen molar-refractivity contribution in [3.8, 4) is 0 Å². The van der Waals surface area contributed by atoms with Gasteiger partial charge in [0.05, 0.1) is 0 Å². The van der Waals surface area contributed by atoms with Crippen molar-refractivity contribution in [1.82, 2.24) is 5.43 Å². The molecule has 10 heavy (non-hydrogen) atoms. The number of unbranched alkanes of at least 4 members (excludes halogenated alkanes) is 1. The molecule has 1 N–H and O–H groups in total. The van der Waals surface area contributed by atoms with Gasteiger partial charge in [-0.15, -0.1) is 0 Å². The van der Waals surface area contributed by atoms with Crippen LogP contribution in [0, 0.1) is 0 Å². The van der Waals surface area contributed by atoms with Crippen molar-refractivity contribution in [1.29, 1.82) is 0 Å². The van der Waals surface area contributed by atoms with E-state index in [0.717, 1.165) is 12.8 Å². The summed E-state index contributed by atoms with van der Waals surface area (Å²) < 4.78 is 0. The van der Waals surface area contributed by atoms with Crippen LogP contribution < -0.4 is 5.43 Å². The van der Waals surface area contributed by atoms with E-state index in [2.05, 4.69) is 24.4 Å². The molecular weight excluding hydrogens is 124 g/mol. The van der Waals surface area contributed by atoms with Crippen LogP contribution in [-0.4, -0.2) is 12.8 Å². The molecule has 0 aromatic rings. The number of nitrogens with one attached hydrogen (secondary N) is 1. The topological polar surface area (TPSA) is 24.4 Å². The molecule has 0 amide bonds. The standard InChI is InChI=1S/C8H18N2/c1-4-6-7-8(5-2)10-9-3/h9H,4-7H2,1-3H3. The second kappa shape index (κ2) is 6.59. The molecule has 0 aromatic carbocycles. The first kappa shape index (κ1) is 9.47. The van der Waals surface area contributed by atoms with Gasteiger partial charge in [-0.25, -0.2) is 0 Å². The molecule has 0 heterocycles. The van der Waals surface area contributed by atoms with E-state index in [1.165, 1.54) is 18.6 Å². The summed E-state index contributed by atoms with van der Waals surface area (Å²) in [5.41, 5.74) is 4.10. The molecule has 0 rings (SSSR count). The number of nitrogens with zero attached hydrogens (tertiary/aromatic N) is 1. The van der Waals surface area contributed by atoms with Gasteiger partial charge in [0, 0.05) is 12.8 Å². The Bertz CT molecular complexity index is 97.4. The summed E-state index contributed by atoms with van der Waals surface area (Å²) in [6, 6.07) is 0. The third kappa shape index (κ3) is 4.36. The van der Waals surface area contributed by atoms with Crippen LogP contribution in [0.4, 0.5) is 0 Å². The molecule has 0 unspecified atom stereocenters. The summed E-state index contributed by atoms with van der Waals surface area (Å²) in [5, 5.41) is 4.15. The fraction of sp³-hybridized carbons (Fsp3) is 0.875. The lowest BCUT2D eigenvalue weighted by Crippen LogP contribution is -2.03. The fourth-order valence-electron chi connectivity index (χ4n) is 0.851. The SMILES string of the molecule is CCCCC(CC)=NNC. The van der Waals surface area contributed by atoms with Crippen LogP contribution in [0.5, 0.6) is 0 Å². The average Bonchev–Trinajstić information content (AvgIpc) is 1.98. The van der Waals surface area contributed by atoms with E-state index < -0.39 is 0 Å². The van der Waals surface area contributed by atoms with Gasteiger partial charge in [-0.2, -0.15) is 5.10 Å². The Morgan fingerprint density at radius 3 is 2.50 bits per heavy atom. The molecule has 0 aromatic heterocycles. The fourth-order valence-corrected chi connectivity index (χ4v) is 0.851. The number of hydrazone groups is 1. The molecule has 0 saturated heterocycles. The van der Waals surface area contributed by atoms with Crippen molar-refractivity contribution in [2.24, 2.45) is 5.10 Å². The van der Waals surface area contributed by atoms with E-state index in [4.69, 9.17) is 0 Å². The maximum Gasteiger partial charge on any atom is 0.0375 e. The highest BCUT2D eigenvalue weighted by molar-refractivity contribution is 5.83. The first-order valence-electron chi connectivity index (χ1n) is 4.07. The van der Waals surface area contributed by atoms with Gasteiger partial charge in [0.25, 0.3) is 0 Å². The van der Waals surface area contributed by atoms with Gasteiger partial charge < -0.3 is 5.43 Å². The highest BCUT2D eigenvalue weighted by Crippen LogP contribution is 1.99. The summed E-state index contributed by atoms with van der Waals surface area (Å²) in [7, 11) is 1.85. The minimum atomic E-state index is 1.07. The smallest absolute Gasteiger partial charge is 0.0375 e. The molecule has 0 aliphatic heterocycles. The van der Waals surface area contributed by atoms with Crippen molar-refractivity contribution in [3.05, 3.63) is 0 Å². The van der Waals surface area contributed by atoms with Crippen LogP contribution in [-0.2, 0) is 0 Å². The third-order valence-corrected chi connectivity index (χ3v) is 1.50. The zero-order chi connectivity index (χ0) is 7.82. The van der Waals surface area contributed by atoms with Gasteiger partial charge in [-0.3, -0.25) is 0 Å². The Hall–Kier alpha value is -0.530. The highest BCUT2D eigenvalue weighted by atomic mass is 15.3. The van der Waals surface area contributed by atoms with Crippen LogP contribution in [0.15, 0.2) is 5.10 Å². The molecule has 0 atom stereocenters. The maximum atomic E-state index is 4.15. The van der Waals surface area contributed by atoms with Gasteiger partial charge in [0.2, 0.25) is 0 Å². The second-order valence-corrected chi connectivity index (χ2v) is 2.36. The van der Waals surface area contributed by atoms with Crippen molar-refractivity contribution in [3.63, 3.8) is 0 Å². The van der Waals surface area contributed by atoms with Crippen LogP contribution in [0.25, 0.3) is 0 Å². The minimum absolute atomic E-state index is 1.07. The third-order valence-electron chi connectivity index (χ3n) is 1.50. The van der Waals surface area contributed by atoms with Crippen molar-refractivity contribution in [2.75, 3.05) is 7.05 Å². The van der Waals surface area contributed by atoms with Gasteiger partial charge in [-0.05, 0) is 19.3 Å². The molecule has 0 aliphatic rings. The van der Waals surface area contributed by atoms with Crippen LogP contribution in [0.3, 0.4) is 0 Å². The molecule has 0 saturated carbocycles. The lowest BCUT2D eigenvalue weighted by Gasteiger charge is -2.00. The summed E-state index contributed by atoms with van der Waals surface area (Å²) >= 11 is 0. The van der Waals surface area contributed by atoms with Crippen LogP contribution in [0.2, 0.25) is 0 Å². The maximum absolute atomic E-state index is 4.15. The van der Waals surface area contributed by atoms with Gasteiger partial charge in [0.1, 0.15) is 0 Å². The van der Waals surface area contributed by atoms with E-state index in [-0.39, 0.29) is 0 Å². The van der Waals surface area contributed by atoms with Crippen molar-refractivity contribution >= 4 is 5.71 Å². The predicted octanol–water partition coefficient (Wildman–Crippen LogP) is 2.16. The molecule has 60 valence electrons. The first-order valence-corrected chi connectivity index (χ1v) is 4.07. The number of hydrogen-bond donors (Lipinski definition) is 1. The molecule has 0 spiro atoms. The normalized spacial score (nSPS) is 11.7. The number of hydrogen-bond acceptors (Lipinski definition) is 2. The lowest BCUT2D eigenvalue weighted by atomic mass is 10.1. The van der Waals surface area contributed by atoms with Crippen LogP contribution >= 0.6 is 0 Å². The molecule has 0 bridgehead atoms. The zero-order valence-electron chi connectivity index (χ0n) is 7.28. The second-order valence-electron chi connectivity index (χ2n) is 2.36. The highest BCUT2D eigenvalue weighted by Gasteiger charge is 1.93. The monoisotopic (exact) mass is 142 g/mol. The first-order chi connectivity index (χ1) is 4.85. The van der Waals surface area contributed by atoms with E-state index in [1.54, 1.807) is 0 Å². The van der Waals surface area contributed by atoms with Gasteiger partial charge in [0.15, 0.2) is 0 Å². The van der Waals surface area contributed by atoms with E-state index in [1.807, 2.05) is 7.05 Å². The summed E-state index contributed by atoms with van der Waals surface area (Å²) in [5.74, 6) is 0. The molecule has 2 nitrogen and oxygen atoms in total. The van der Waals surface area contributed by atoms with Crippen molar-refractivity contribution in [2.45, 2.75) is 39.5 Å². The Kier molecular flexibility index (Phi) is 6.24. The van der Waals surface area contributed by atoms with E-state index in [9.17, 15) is 0 Å². The van der Waals surface area contributed by atoms with E-state index in [0.29, 0.717) is 0 Å². The number of rotatable bonds is 5. The average molecular weight is 142 g/mol. The van der Waals surface area contributed by atoms with E-state index >= 15 is 0 Å². The Labute approximate surface area is 63.7 Å². The molecule has 0 aliphatic carbocycles. The summed E-state index contributed by atoms with van der Waals surface area (Å²) in [4.78, 5) is 0. The largest absolute Gasteiger partial charge is 0.313 e. The molecule has 0 fully saturated rings. The molecule has 2 heteroatoms. The lowest BCUT2D eigenvalue weighted by molar-refractivity contribution is 0.804. The van der Waals surface area contributed by atoms with Crippen molar-refractivity contribution < 1.29 is 0 Å². The Morgan fingerprint density at radius 2 is 2.10 bits per heavy atom. The Morgan fingerprint density at radius 1 is 1.40 bits per heavy atom. The Balaban J connectivity index is 3.49. The molecule has 0 radical (unpaired) electrons. The zero-order valence-corrected chi connectivity index (χ0v) is 7.28. The summed E-state index contributed by atoms with van der Waals surface area (Å²) in [6.45, 7) is 4.35. The quantitative estimate of drug-likeness (QED) is 0.461. The van der Waals surface area contributed by atoms with Crippen LogP contribution in [0.1, 0.15) is 39.5 Å². The van der Waals surface area contributed by atoms with Gasteiger partial charge >= 0.3 is 0 Å².